The van der Waals surface area contributed by atoms with Gasteiger partial charge in [-0.3, -0.25) is 9.36 Å². The third-order valence-electron chi connectivity index (χ3n) is 6.47. The van der Waals surface area contributed by atoms with E-state index in [1.807, 2.05) is 0 Å². The minimum Gasteiger partial charge on any atom is -0.493 e. The van der Waals surface area contributed by atoms with Crippen LogP contribution in [0.25, 0.3) is 10.9 Å². The minimum absolute atomic E-state index is 0.175. The molecule has 1 atom stereocenters. The highest BCUT2D eigenvalue weighted by Crippen LogP contribution is 2.30. The van der Waals surface area contributed by atoms with Crippen molar-refractivity contribution in [1.82, 2.24) is 14.5 Å². The maximum atomic E-state index is 13.0. The molecule has 2 heterocycles. The molecular formula is C23H31N3O4. The predicted octanol–water partition coefficient (Wildman–Crippen LogP) is 2.60. The van der Waals surface area contributed by atoms with Crippen LogP contribution in [-0.4, -0.2) is 59.0 Å². The van der Waals surface area contributed by atoms with Crippen LogP contribution in [0.4, 0.5) is 0 Å². The number of allylic oxidation sites excluding steroid dienone is 2. The van der Waals surface area contributed by atoms with Crippen LogP contribution in [0.5, 0.6) is 11.5 Å². The third-order valence-corrected chi connectivity index (χ3v) is 6.47. The molecule has 2 aromatic rings. The zero-order valence-electron chi connectivity index (χ0n) is 17.8. The van der Waals surface area contributed by atoms with Gasteiger partial charge in [0.1, 0.15) is 0 Å². The van der Waals surface area contributed by atoms with E-state index in [1.165, 1.54) is 23.7 Å². The van der Waals surface area contributed by atoms with Crippen molar-refractivity contribution in [2.75, 3.05) is 33.9 Å². The van der Waals surface area contributed by atoms with Gasteiger partial charge < -0.3 is 19.5 Å². The number of aromatic nitrogens is 2. The average molecular weight is 414 g/mol. The number of hydrogen-bond donors (Lipinski definition) is 1. The zero-order chi connectivity index (χ0) is 21.1. The standard InChI is InChI=1S/C23H31N3O4/c1-29-20-12-18-19(13-21(20)30-2)24-16-26(22(18)27)15-23(28)8-10-25(11-9-23)14-17-6-4-3-5-7-17/h3-4,12-13,16-17,28H,5-11,14-15H2,1-2H3. The average Bonchev–Trinajstić information content (AvgIpc) is 2.77. The summed E-state index contributed by atoms with van der Waals surface area (Å²) < 4.78 is 12.1. The molecule has 1 aliphatic heterocycles. The summed E-state index contributed by atoms with van der Waals surface area (Å²) in [7, 11) is 3.09. The number of piperidine rings is 1. The number of hydrogen-bond acceptors (Lipinski definition) is 6. The molecule has 1 aliphatic carbocycles. The van der Waals surface area contributed by atoms with Crippen molar-refractivity contribution in [2.45, 2.75) is 44.2 Å². The lowest BCUT2D eigenvalue weighted by atomic mass is 9.89. The summed E-state index contributed by atoms with van der Waals surface area (Å²) in [4.78, 5) is 19.9. The van der Waals surface area contributed by atoms with Crippen molar-refractivity contribution in [2.24, 2.45) is 5.92 Å². The van der Waals surface area contributed by atoms with E-state index in [0.717, 1.165) is 32.0 Å². The molecule has 7 heteroatoms. The maximum absolute atomic E-state index is 13.0. The Morgan fingerprint density at radius 1 is 1.17 bits per heavy atom. The number of aliphatic hydroxyl groups is 1. The van der Waals surface area contributed by atoms with Gasteiger partial charge in [0.05, 0.1) is 43.6 Å². The first kappa shape index (κ1) is 20.9. The first-order valence-electron chi connectivity index (χ1n) is 10.7. The van der Waals surface area contributed by atoms with E-state index in [4.69, 9.17) is 9.47 Å². The summed E-state index contributed by atoms with van der Waals surface area (Å²) in [5.74, 6) is 1.75. The van der Waals surface area contributed by atoms with Crippen molar-refractivity contribution in [3.63, 3.8) is 0 Å². The van der Waals surface area contributed by atoms with Crippen LogP contribution in [0.3, 0.4) is 0 Å². The van der Waals surface area contributed by atoms with E-state index in [-0.39, 0.29) is 12.1 Å². The molecular weight excluding hydrogens is 382 g/mol. The van der Waals surface area contributed by atoms with Crippen LogP contribution < -0.4 is 15.0 Å². The Kier molecular flexibility index (Phi) is 6.11. The quantitative estimate of drug-likeness (QED) is 0.734. The van der Waals surface area contributed by atoms with Crippen LogP contribution in [0.1, 0.15) is 32.1 Å². The number of methoxy groups -OCH3 is 2. The largest absolute Gasteiger partial charge is 0.493 e. The van der Waals surface area contributed by atoms with E-state index in [0.29, 0.717) is 35.2 Å². The lowest BCUT2D eigenvalue weighted by Crippen LogP contribution is -2.49. The molecule has 1 aromatic heterocycles. The van der Waals surface area contributed by atoms with Gasteiger partial charge in [0.25, 0.3) is 5.56 Å². The fourth-order valence-electron chi connectivity index (χ4n) is 4.61. The minimum atomic E-state index is -0.890. The second kappa shape index (κ2) is 8.78. The number of likely N-dealkylation sites (tertiary alicyclic amines) is 1. The second-order valence-corrected chi connectivity index (χ2v) is 8.58. The number of nitrogens with zero attached hydrogens (tertiary/aromatic N) is 3. The van der Waals surface area contributed by atoms with Gasteiger partial charge in [-0.05, 0) is 44.1 Å². The second-order valence-electron chi connectivity index (χ2n) is 8.58. The molecule has 4 rings (SSSR count). The van der Waals surface area contributed by atoms with Crippen molar-refractivity contribution in [3.05, 3.63) is 41.0 Å². The van der Waals surface area contributed by atoms with Crippen LogP contribution >= 0.6 is 0 Å². The first-order chi connectivity index (χ1) is 14.5. The monoisotopic (exact) mass is 413 g/mol. The van der Waals surface area contributed by atoms with Gasteiger partial charge in [-0.1, -0.05) is 12.2 Å². The van der Waals surface area contributed by atoms with E-state index in [9.17, 15) is 9.90 Å². The Hall–Kier alpha value is -2.38. The number of ether oxygens (including phenoxy) is 2. The Balaban J connectivity index is 1.46. The molecule has 0 bridgehead atoms. The van der Waals surface area contributed by atoms with Gasteiger partial charge in [0, 0.05) is 25.7 Å². The summed E-state index contributed by atoms with van der Waals surface area (Å²) in [6, 6.07) is 3.36. The number of benzene rings is 1. The van der Waals surface area contributed by atoms with Gasteiger partial charge in [-0.15, -0.1) is 0 Å². The smallest absolute Gasteiger partial charge is 0.261 e. The van der Waals surface area contributed by atoms with Gasteiger partial charge >= 0.3 is 0 Å². The van der Waals surface area contributed by atoms with Crippen molar-refractivity contribution < 1.29 is 14.6 Å². The predicted molar refractivity (Wildman–Crippen MR) is 116 cm³/mol. The van der Waals surface area contributed by atoms with E-state index >= 15 is 0 Å². The molecule has 30 heavy (non-hydrogen) atoms. The summed E-state index contributed by atoms with van der Waals surface area (Å²) in [6.45, 7) is 3.07. The van der Waals surface area contributed by atoms with Crippen molar-refractivity contribution in [1.29, 1.82) is 0 Å². The number of fused-ring (bicyclic) bond motifs is 1. The molecule has 1 N–H and O–H groups in total. The molecule has 162 valence electrons. The summed E-state index contributed by atoms with van der Waals surface area (Å²) in [6.07, 6.45) is 11.0. The van der Waals surface area contributed by atoms with Gasteiger partial charge in [-0.2, -0.15) is 0 Å². The lowest BCUT2D eigenvalue weighted by molar-refractivity contribution is -0.0375. The van der Waals surface area contributed by atoms with Crippen LogP contribution in [0.2, 0.25) is 0 Å². The molecule has 0 amide bonds. The lowest BCUT2D eigenvalue weighted by Gasteiger charge is -2.39. The van der Waals surface area contributed by atoms with Crippen molar-refractivity contribution >= 4 is 10.9 Å². The summed E-state index contributed by atoms with van der Waals surface area (Å²) in [5.41, 5.74) is -0.512. The topological polar surface area (TPSA) is 76.8 Å². The SMILES string of the molecule is COc1cc2ncn(CC3(O)CCN(CC4CC=CCC4)CC3)c(=O)c2cc1OC. The molecule has 1 saturated heterocycles. The molecule has 1 fully saturated rings. The zero-order valence-corrected chi connectivity index (χ0v) is 17.8. The van der Waals surface area contributed by atoms with Crippen LogP contribution in [-0.2, 0) is 6.54 Å². The normalized spacial score (nSPS) is 21.6. The van der Waals surface area contributed by atoms with Gasteiger partial charge in [0.15, 0.2) is 11.5 Å². The van der Waals surface area contributed by atoms with Crippen molar-refractivity contribution in [3.8, 4) is 11.5 Å². The van der Waals surface area contributed by atoms with Gasteiger partial charge in [-0.25, -0.2) is 4.98 Å². The van der Waals surface area contributed by atoms with Gasteiger partial charge in [0.2, 0.25) is 0 Å². The van der Waals surface area contributed by atoms with Crippen LogP contribution in [0.15, 0.2) is 35.4 Å². The molecule has 1 unspecified atom stereocenters. The Morgan fingerprint density at radius 2 is 1.90 bits per heavy atom. The highest BCUT2D eigenvalue weighted by atomic mass is 16.5. The maximum Gasteiger partial charge on any atom is 0.261 e. The fourth-order valence-corrected chi connectivity index (χ4v) is 4.61. The summed E-state index contributed by atoms with van der Waals surface area (Å²) >= 11 is 0. The van der Waals surface area contributed by atoms with Crippen LogP contribution in [0, 0.1) is 5.92 Å². The Morgan fingerprint density at radius 3 is 2.57 bits per heavy atom. The Bertz CT molecular complexity index is 976. The number of rotatable bonds is 6. The summed E-state index contributed by atoms with van der Waals surface area (Å²) in [5, 5.41) is 11.6. The molecule has 0 saturated carbocycles. The molecule has 0 radical (unpaired) electrons. The third kappa shape index (κ3) is 4.37. The fraction of sp³-hybridized carbons (Fsp3) is 0.565. The molecule has 1 aromatic carbocycles. The molecule has 7 nitrogen and oxygen atoms in total. The Labute approximate surface area is 176 Å². The highest BCUT2D eigenvalue weighted by Gasteiger charge is 2.33. The first-order valence-corrected chi connectivity index (χ1v) is 10.7. The van der Waals surface area contributed by atoms with E-state index in [2.05, 4.69) is 22.0 Å². The highest BCUT2D eigenvalue weighted by molar-refractivity contribution is 5.81. The molecule has 0 spiro atoms. The molecule has 2 aliphatic rings. The van der Waals surface area contributed by atoms with E-state index < -0.39 is 5.60 Å². The van der Waals surface area contributed by atoms with E-state index in [1.54, 1.807) is 26.4 Å².